The zero-order valence-corrected chi connectivity index (χ0v) is 13.4. The first kappa shape index (κ1) is 14.9. The van der Waals surface area contributed by atoms with Crippen molar-refractivity contribution in [1.29, 1.82) is 0 Å². The summed E-state index contributed by atoms with van der Waals surface area (Å²) in [5.74, 6) is 0. The van der Waals surface area contributed by atoms with Crippen molar-refractivity contribution in [3.05, 3.63) is 71.8 Å². The van der Waals surface area contributed by atoms with Crippen LogP contribution in [0, 0.1) is 0 Å². The van der Waals surface area contributed by atoms with Crippen molar-refractivity contribution >= 4 is 0 Å². The molecule has 2 saturated heterocycles. The van der Waals surface area contributed by atoms with Crippen LogP contribution in [-0.4, -0.2) is 43.0 Å². The normalized spacial score (nSPS) is 22.8. The lowest BCUT2D eigenvalue weighted by Crippen LogP contribution is -2.51. The van der Waals surface area contributed by atoms with Gasteiger partial charge in [-0.3, -0.25) is 0 Å². The zero-order chi connectivity index (χ0) is 15.5. The Morgan fingerprint density at radius 3 is 1.43 bits per heavy atom. The van der Waals surface area contributed by atoms with Gasteiger partial charge in [0.05, 0.1) is 13.2 Å². The van der Waals surface area contributed by atoms with Crippen molar-refractivity contribution in [2.75, 3.05) is 26.3 Å². The SMILES string of the molecule is c1ccc(C[N+](Cc2ccccc2)(CC2CO2)CC2CO2)cc1. The number of ether oxygens (including phenoxy) is 2. The molecule has 3 nitrogen and oxygen atoms in total. The van der Waals surface area contributed by atoms with Gasteiger partial charge in [-0.15, -0.1) is 0 Å². The van der Waals surface area contributed by atoms with E-state index in [2.05, 4.69) is 60.7 Å². The van der Waals surface area contributed by atoms with E-state index in [9.17, 15) is 0 Å². The molecule has 0 aliphatic carbocycles. The van der Waals surface area contributed by atoms with E-state index < -0.39 is 0 Å². The fourth-order valence-corrected chi connectivity index (χ4v) is 3.54. The average Bonchev–Trinajstić information content (AvgIpc) is 3.47. The highest BCUT2D eigenvalue weighted by atomic mass is 16.6. The summed E-state index contributed by atoms with van der Waals surface area (Å²) in [6.45, 7) is 6.04. The molecule has 2 aromatic rings. The molecular formula is C20H24NO2+. The summed E-state index contributed by atoms with van der Waals surface area (Å²) in [6, 6.07) is 21.6. The number of quaternary nitrogens is 1. The summed E-state index contributed by atoms with van der Waals surface area (Å²) in [5, 5.41) is 0. The second-order valence-electron chi connectivity index (χ2n) is 6.90. The van der Waals surface area contributed by atoms with Crippen LogP contribution in [0.4, 0.5) is 0 Å². The van der Waals surface area contributed by atoms with Crippen molar-refractivity contribution in [3.8, 4) is 0 Å². The van der Waals surface area contributed by atoms with Gasteiger partial charge in [-0.2, -0.15) is 0 Å². The lowest BCUT2D eigenvalue weighted by molar-refractivity contribution is -0.954. The molecule has 120 valence electrons. The van der Waals surface area contributed by atoms with Gasteiger partial charge in [-0.25, -0.2) is 0 Å². The third kappa shape index (κ3) is 4.20. The Hall–Kier alpha value is -1.68. The third-order valence-electron chi connectivity index (χ3n) is 4.71. The Morgan fingerprint density at radius 1 is 0.696 bits per heavy atom. The molecule has 0 amide bonds. The maximum atomic E-state index is 5.58. The standard InChI is InChI=1S/C20H24NO2/c1-3-7-17(8-4-1)11-21(13-19-15-22-19,14-20-16-23-20)12-18-9-5-2-6-10-18/h1-10,19-20H,11-16H2/q+1. The fraction of sp³-hybridized carbons (Fsp3) is 0.400. The first-order chi connectivity index (χ1) is 11.3. The molecule has 4 rings (SSSR count). The van der Waals surface area contributed by atoms with E-state index in [0.29, 0.717) is 12.2 Å². The van der Waals surface area contributed by atoms with E-state index in [1.165, 1.54) is 11.1 Å². The largest absolute Gasteiger partial charge is 0.367 e. The van der Waals surface area contributed by atoms with Crippen molar-refractivity contribution in [2.45, 2.75) is 25.3 Å². The number of benzene rings is 2. The van der Waals surface area contributed by atoms with Gasteiger partial charge in [-0.1, -0.05) is 60.7 Å². The Labute approximate surface area is 138 Å². The molecule has 2 aliphatic rings. The molecule has 0 saturated carbocycles. The van der Waals surface area contributed by atoms with Crippen LogP contribution in [0.3, 0.4) is 0 Å². The summed E-state index contributed by atoms with van der Waals surface area (Å²) in [5.41, 5.74) is 2.79. The number of epoxide rings is 2. The smallest absolute Gasteiger partial charge is 0.130 e. The van der Waals surface area contributed by atoms with Crippen LogP contribution in [-0.2, 0) is 22.6 Å². The molecule has 0 radical (unpaired) electrons. The van der Waals surface area contributed by atoms with Crippen LogP contribution in [0.5, 0.6) is 0 Å². The first-order valence-corrected chi connectivity index (χ1v) is 8.48. The summed E-state index contributed by atoms with van der Waals surface area (Å²) < 4.78 is 12.2. The molecular weight excluding hydrogens is 286 g/mol. The van der Waals surface area contributed by atoms with Crippen LogP contribution >= 0.6 is 0 Å². The van der Waals surface area contributed by atoms with Crippen molar-refractivity contribution in [1.82, 2.24) is 0 Å². The van der Waals surface area contributed by atoms with Gasteiger partial charge in [0, 0.05) is 11.1 Å². The van der Waals surface area contributed by atoms with Crippen molar-refractivity contribution in [3.63, 3.8) is 0 Å². The highest BCUT2D eigenvalue weighted by Gasteiger charge is 2.42. The number of rotatable bonds is 8. The molecule has 2 aromatic carbocycles. The number of hydrogen-bond acceptors (Lipinski definition) is 2. The van der Waals surface area contributed by atoms with Gasteiger partial charge in [-0.05, 0) is 0 Å². The van der Waals surface area contributed by atoms with Crippen LogP contribution in [0.1, 0.15) is 11.1 Å². The molecule has 23 heavy (non-hydrogen) atoms. The number of nitrogens with zero attached hydrogens (tertiary/aromatic N) is 1. The minimum Gasteiger partial charge on any atom is -0.367 e. The molecule has 2 unspecified atom stereocenters. The zero-order valence-electron chi connectivity index (χ0n) is 13.4. The van der Waals surface area contributed by atoms with E-state index in [0.717, 1.165) is 43.9 Å². The monoisotopic (exact) mass is 310 g/mol. The minimum atomic E-state index is 0.418. The Morgan fingerprint density at radius 2 is 1.09 bits per heavy atom. The highest BCUT2D eigenvalue weighted by Crippen LogP contribution is 2.28. The predicted octanol–water partition coefficient (Wildman–Crippen LogP) is 3.00. The molecule has 0 N–H and O–H groups in total. The van der Waals surface area contributed by atoms with E-state index in [1.807, 2.05) is 0 Å². The average molecular weight is 310 g/mol. The first-order valence-electron chi connectivity index (χ1n) is 8.48. The van der Waals surface area contributed by atoms with E-state index in [1.54, 1.807) is 0 Å². The summed E-state index contributed by atoms with van der Waals surface area (Å²) in [4.78, 5) is 0. The summed E-state index contributed by atoms with van der Waals surface area (Å²) >= 11 is 0. The molecule has 0 bridgehead atoms. The minimum absolute atomic E-state index is 0.418. The van der Waals surface area contributed by atoms with Gasteiger partial charge >= 0.3 is 0 Å². The Kier molecular flexibility index (Phi) is 4.17. The molecule has 0 spiro atoms. The fourth-order valence-electron chi connectivity index (χ4n) is 3.54. The Balaban J connectivity index is 1.61. The summed E-state index contributed by atoms with van der Waals surface area (Å²) in [7, 11) is 0. The van der Waals surface area contributed by atoms with Crippen LogP contribution in [0.15, 0.2) is 60.7 Å². The number of hydrogen-bond donors (Lipinski definition) is 0. The van der Waals surface area contributed by atoms with Crippen LogP contribution in [0.25, 0.3) is 0 Å². The topological polar surface area (TPSA) is 25.1 Å². The van der Waals surface area contributed by atoms with E-state index >= 15 is 0 Å². The highest BCUT2D eigenvalue weighted by molar-refractivity contribution is 5.15. The Bertz CT molecular complexity index is 563. The maximum absolute atomic E-state index is 5.58. The molecule has 2 fully saturated rings. The van der Waals surface area contributed by atoms with Crippen molar-refractivity contribution in [2.24, 2.45) is 0 Å². The summed E-state index contributed by atoms with van der Waals surface area (Å²) in [6.07, 6.45) is 0.836. The lowest BCUT2D eigenvalue weighted by atomic mass is 10.1. The quantitative estimate of drug-likeness (QED) is 0.553. The molecule has 3 heteroatoms. The molecule has 2 aliphatic heterocycles. The molecule has 0 aromatic heterocycles. The van der Waals surface area contributed by atoms with E-state index in [-0.39, 0.29) is 0 Å². The van der Waals surface area contributed by atoms with Gasteiger partial charge in [0.15, 0.2) is 0 Å². The van der Waals surface area contributed by atoms with E-state index in [4.69, 9.17) is 9.47 Å². The predicted molar refractivity (Wildman–Crippen MR) is 89.8 cm³/mol. The molecule has 2 heterocycles. The van der Waals surface area contributed by atoms with Gasteiger partial charge in [0.2, 0.25) is 0 Å². The van der Waals surface area contributed by atoms with Crippen molar-refractivity contribution < 1.29 is 14.0 Å². The van der Waals surface area contributed by atoms with Gasteiger partial charge in [0.1, 0.15) is 38.4 Å². The maximum Gasteiger partial charge on any atom is 0.130 e. The van der Waals surface area contributed by atoms with Crippen LogP contribution in [0.2, 0.25) is 0 Å². The second kappa shape index (κ2) is 6.44. The third-order valence-corrected chi connectivity index (χ3v) is 4.71. The second-order valence-corrected chi connectivity index (χ2v) is 6.90. The van der Waals surface area contributed by atoms with Gasteiger partial charge < -0.3 is 14.0 Å². The van der Waals surface area contributed by atoms with Gasteiger partial charge in [0.25, 0.3) is 0 Å². The molecule has 2 atom stereocenters. The van der Waals surface area contributed by atoms with Crippen LogP contribution < -0.4 is 0 Å². The lowest BCUT2D eigenvalue weighted by Gasteiger charge is -2.38.